The Kier molecular flexibility index (Phi) is 5.66. The minimum absolute atomic E-state index is 0.175. The molecule has 3 aromatic rings. The predicted molar refractivity (Wildman–Crippen MR) is 120 cm³/mol. The molecule has 33 heavy (non-hydrogen) atoms. The van der Waals surface area contributed by atoms with E-state index < -0.39 is 11.9 Å². The van der Waals surface area contributed by atoms with Gasteiger partial charge in [0.2, 0.25) is 0 Å². The number of ether oxygens (including phenoxy) is 1. The number of amides is 1. The summed E-state index contributed by atoms with van der Waals surface area (Å²) >= 11 is 0. The summed E-state index contributed by atoms with van der Waals surface area (Å²) in [5.41, 5.74) is 2.10. The summed E-state index contributed by atoms with van der Waals surface area (Å²) in [4.78, 5) is 49.8. The number of nitriles is 1. The van der Waals surface area contributed by atoms with Crippen molar-refractivity contribution < 1.29 is 23.9 Å². The molecule has 7 heteroatoms. The maximum Gasteiger partial charge on any atom is 0.337 e. The molecule has 4 rings (SSSR count). The Morgan fingerprint density at radius 3 is 2.09 bits per heavy atom. The van der Waals surface area contributed by atoms with Gasteiger partial charge in [-0.05, 0) is 42.0 Å². The first-order valence-corrected chi connectivity index (χ1v) is 9.87. The summed E-state index contributed by atoms with van der Waals surface area (Å²) in [6, 6.07) is 19.1. The maximum atomic E-state index is 12.9. The largest absolute Gasteiger partial charge is 0.465 e. The number of carbonyl (C=O) groups is 4. The van der Waals surface area contributed by atoms with E-state index in [4.69, 9.17) is 0 Å². The molecule has 0 saturated carbocycles. The van der Waals surface area contributed by atoms with Gasteiger partial charge in [0.1, 0.15) is 11.6 Å². The van der Waals surface area contributed by atoms with E-state index >= 15 is 0 Å². The number of hydrogen-bond acceptors (Lipinski definition) is 6. The van der Waals surface area contributed by atoms with Gasteiger partial charge in [-0.25, -0.2) is 4.79 Å². The van der Waals surface area contributed by atoms with Gasteiger partial charge in [0, 0.05) is 27.9 Å². The van der Waals surface area contributed by atoms with Crippen molar-refractivity contribution in [3.63, 3.8) is 0 Å². The predicted octanol–water partition coefficient (Wildman–Crippen LogP) is 3.79. The van der Waals surface area contributed by atoms with E-state index in [-0.39, 0.29) is 34.0 Å². The molecule has 0 unspecified atom stereocenters. The molecule has 7 nitrogen and oxygen atoms in total. The quantitative estimate of drug-likeness (QED) is 0.296. The van der Waals surface area contributed by atoms with Gasteiger partial charge in [0.15, 0.2) is 11.6 Å². The Morgan fingerprint density at radius 2 is 1.48 bits per heavy atom. The smallest absolute Gasteiger partial charge is 0.337 e. The summed E-state index contributed by atoms with van der Waals surface area (Å²) in [5, 5.41) is 12.0. The first-order valence-electron chi connectivity index (χ1n) is 9.87. The molecular formula is C26H16N2O5. The third kappa shape index (κ3) is 4.05. The molecule has 3 aromatic carbocycles. The summed E-state index contributed by atoms with van der Waals surface area (Å²) < 4.78 is 4.64. The number of esters is 1. The summed E-state index contributed by atoms with van der Waals surface area (Å²) in [5.74, 6) is -1.74. The number of carbonyl (C=O) groups excluding carboxylic acids is 4. The van der Waals surface area contributed by atoms with Crippen molar-refractivity contribution in [3.8, 4) is 6.07 Å². The van der Waals surface area contributed by atoms with E-state index in [1.54, 1.807) is 36.4 Å². The van der Waals surface area contributed by atoms with Crippen LogP contribution in [0.2, 0.25) is 0 Å². The van der Waals surface area contributed by atoms with Crippen molar-refractivity contribution in [2.24, 2.45) is 0 Å². The highest BCUT2D eigenvalue weighted by atomic mass is 16.5. The SMILES string of the molecule is COC(=O)c1ccc(/C=C(\C#N)C(=O)Nc2ccc3c(c2)C(=O)c2ccccc2C3=O)cc1. The van der Waals surface area contributed by atoms with Crippen LogP contribution in [-0.2, 0) is 9.53 Å². The average Bonchev–Trinajstić information content (AvgIpc) is 2.85. The molecule has 0 aliphatic heterocycles. The molecule has 1 aliphatic carbocycles. The van der Waals surface area contributed by atoms with Crippen LogP contribution in [0.3, 0.4) is 0 Å². The van der Waals surface area contributed by atoms with Gasteiger partial charge < -0.3 is 10.1 Å². The van der Waals surface area contributed by atoms with Crippen LogP contribution >= 0.6 is 0 Å². The lowest BCUT2D eigenvalue weighted by molar-refractivity contribution is -0.112. The molecule has 0 fully saturated rings. The second kappa shape index (κ2) is 8.73. The zero-order valence-corrected chi connectivity index (χ0v) is 17.4. The first-order chi connectivity index (χ1) is 15.9. The molecule has 0 aromatic heterocycles. The minimum atomic E-state index is -0.676. The molecule has 0 saturated heterocycles. The molecule has 0 bridgehead atoms. The molecule has 1 N–H and O–H groups in total. The van der Waals surface area contributed by atoms with Crippen LogP contribution in [0, 0.1) is 11.3 Å². The molecule has 0 spiro atoms. The van der Waals surface area contributed by atoms with Crippen LogP contribution in [0.5, 0.6) is 0 Å². The summed E-state index contributed by atoms with van der Waals surface area (Å²) in [7, 11) is 1.28. The van der Waals surface area contributed by atoms with Crippen molar-refractivity contribution in [2.45, 2.75) is 0 Å². The van der Waals surface area contributed by atoms with Crippen LogP contribution < -0.4 is 5.32 Å². The van der Waals surface area contributed by atoms with E-state index in [0.29, 0.717) is 22.3 Å². The normalized spacial score (nSPS) is 12.3. The van der Waals surface area contributed by atoms with Crippen molar-refractivity contribution >= 4 is 35.2 Å². The van der Waals surface area contributed by atoms with Gasteiger partial charge in [-0.3, -0.25) is 14.4 Å². The number of fused-ring (bicyclic) bond motifs is 2. The fraction of sp³-hybridized carbons (Fsp3) is 0.0385. The van der Waals surface area contributed by atoms with Crippen LogP contribution in [0.25, 0.3) is 6.08 Å². The van der Waals surface area contributed by atoms with E-state index in [1.807, 2.05) is 6.07 Å². The van der Waals surface area contributed by atoms with Gasteiger partial charge in [0.25, 0.3) is 5.91 Å². The number of benzene rings is 3. The van der Waals surface area contributed by atoms with E-state index in [2.05, 4.69) is 10.1 Å². The zero-order valence-electron chi connectivity index (χ0n) is 17.4. The van der Waals surface area contributed by atoms with Crippen molar-refractivity contribution in [3.05, 3.63) is 106 Å². The molecule has 0 atom stereocenters. The lowest BCUT2D eigenvalue weighted by Gasteiger charge is -2.18. The standard InChI is InChI=1S/C26H16N2O5/c1-33-26(32)16-8-6-15(7-9-16)12-17(14-27)25(31)28-18-10-11-21-22(13-18)24(30)20-5-3-2-4-19(20)23(21)29/h2-13H,1H3,(H,28,31)/b17-12+. The summed E-state index contributed by atoms with van der Waals surface area (Å²) in [6.45, 7) is 0. The molecular weight excluding hydrogens is 420 g/mol. The highest BCUT2D eigenvalue weighted by molar-refractivity contribution is 6.28. The topological polar surface area (TPSA) is 113 Å². The molecule has 1 aliphatic rings. The Balaban J connectivity index is 1.58. The second-order valence-corrected chi connectivity index (χ2v) is 7.20. The van der Waals surface area contributed by atoms with Crippen molar-refractivity contribution in [1.82, 2.24) is 0 Å². The zero-order chi connectivity index (χ0) is 23.5. The Bertz CT molecular complexity index is 1390. The number of anilines is 1. The number of methoxy groups -OCH3 is 1. The van der Waals surface area contributed by atoms with Crippen molar-refractivity contribution in [1.29, 1.82) is 5.26 Å². The first kappa shape index (κ1) is 21.4. The van der Waals surface area contributed by atoms with Crippen LogP contribution in [0.1, 0.15) is 47.8 Å². The number of nitrogens with zero attached hydrogens (tertiary/aromatic N) is 1. The number of nitrogens with one attached hydrogen (secondary N) is 1. The third-order valence-electron chi connectivity index (χ3n) is 5.19. The minimum Gasteiger partial charge on any atom is -0.465 e. The lowest BCUT2D eigenvalue weighted by atomic mass is 9.84. The van der Waals surface area contributed by atoms with Gasteiger partial charge >= 0.3 is 5.97 Å². The third-order valence-corrected chi connectivity index (χ3v) is 5.19. The fourth-order valence-electron chi connectivity index (χ4n) is 3.52. The van der Waals surface area contributed by atoms with Crippen LogP contribution in [0.15, 0.2) is 72.3 Å². The highest BCUT2D eigenvalue weighted by Gasteiger charge is 2.29. The van der Waals surface area contributed by atoms with E-state index in [9.17, 15) is 24.4 Å². The Hall–Kier alpha value is -4.83. The van der Waals surface area contributed by atoms with Crippen molar-refractivity contribution in [2.75, 3.05) is 12.4 Å². The Morgan fingerprint density at radius 1 is 0.879 bits per heavy atom. The van der Waals surface area contributed by atoms with E-state index in [1.165, 1.54) is 43.5 Å². The fourth-order valence-corrected chi connectivity index (χ4v) is 3.52. The van der Waals surface area contributed by atoms with Gasteiger partial charge in [-0.15, -0.1) is 0 Å². The molecule has 160 valence electrons. The number of ketones is 2. The highest BCUT2D eigenvalue weighted by Crippen LogP contribution is 2.29. The maximum absolute atomic E-state index is 12.9. The molecule has 1 amide bonds. The van der Waals surface area contributed by atoms with Gasteiger partial charge in [-0.2, -0.15) is 5.26 Å². The average molecular weight is 436 g/mol. The number of hydrogen-bond donors (Lipinski definition) is 1. The van der Waals surface area contributed by atoms with Crippen LogP contribution in [-0.4, -0.2) is 30.6 Å². The second-order valence-electron chi connectivity index (χ2n) is 7.20. The lowest BCUT2D eigenvalue weighted by Crippen LogP contribution is -2.21. The summed E-state index contributed by atoms with van der Waals surface area (Å²) in [6.07, 6.45) is 1.37. The Labute approximate surface area is 188 Å². The van der Waals surface area contributed by atoms with E-state index in [0.717, 1.165) is 0 Å². The monoisotopic (exact) mass is 436 g/mol. The van der Waals surface area contributed by atoms with Crippen LogP contribution in [0.4, 0.5) is 5.69 Å². The molecule has 0 heterocycles. The van der Waals surface area contributed by atoms with Gasteiger partial charge in [-0.1, -0.05) is 36.4 Å². The number of rotatable bonds is 4. The van der Waals surface area contributed by atoms with Gasteiger partial charge in [0.05, 0.1) is 12.7 Å². The molecule has 0 radical (unpaired) electrons.